The van der Waals surface area contributed by atoms with Crippen LogP contribution in [0.3, 0.4) is 0 Å². The van der Waals surface area contributed by atoms with Gasteiger partial charge in [-0.05, 0) is 25.5 Å². The number of fused-ring (bicyclic) bond motifs is 1. The second-order valence-corrected chi connectivity index (χ2v) is 6.29. The third-order valence-corrected chi connectivity index (χ3v) is 4.81. The lowest BCUT2D eigenvalue weighted by atomic mass is 10.1. The molecule has 3 rings (SSSR count). The normalized spacial score (nSPS) is 17.9. The summed E-state index contributed by atoms with van der Waals surface area (Å²) in [5.41, 5.74) is 0.0247. The van der Waals surface area contributed by atoms with Crippen molar-refractivity contribution in [3.8, 4) is 0 Å². The van der Waals surface area contributed by atoms with Gasteiger partial charge in [0.05, 0.1) is 11.2 Å². The first-order chi connectivity index (χ1) is 12.0. The summed E-state index contributed by atoms with van der Waals surface area (Å²) in [6.45, 7) is 6.58. The summed E-state index contributed by atoms with van der Waals surface area (Å²) in [6.07, 6.45) is 2.29. The number of pyridine rings is 1. The molecule has 1 saturated heterocycles. The van der Waals surface area contributed by atoms with Crippen LogP contribution in [0.15, 0.2) is 23.1 Å². The molecule has 1 aromatic carbocycles. The summed E-state index contributed by atoms with van der Waals surface area (Å²) in [5.74, 6) is -1.79. The third-order valence-electron chi connectivity index (χ3n) is 4.81. The van der Waals surface area contributed by atoms with Gasteiger partial charge in [-0.15, -0.1) is 0 Å². The number of nitrogens with zero attached hydrogens (tertiary/aromatic N) is 2. The molecule has 0 amide bonds. The fraction of sp³-hybridized carbons (Fsp3) is 0.444. The molecule has 25 heavy (non-hydrogen) atoms. The molecule has 0 saturated carbocycles. The Bertz CT molecular complexity index is 878. The van der Waals surface area contributed by atoms with Crippen molar-refractivity contribution in [1.82, 2.24) is 9.88 Å². The minimum atomic E-state index is -1.30. The summed E-state index contributed by atoms with van der Waals surface area (Å²) in [4.78, 5) is 25.7. The Morgan fingerprint density at radius 3 is 2.80 bits per heavy atom. The van der Waals surface area contributed by atoms with Crippen molar-refractivity contribution >= 4 is 22.6 Å². The summed E-state index contributed by atoms with van der Waals surface area (Å²) >= 11 is 0. The maximum absolute atomic E-state index is 14.7. The van der Waals surface area contributed by atoms with E-state index in [0.29, 0.717) is 36.9 Å². The molecule has 1 unspecified atom stereocenters. The molecular formula is C18H22FN3O3. The highest BCUT2D eigenvalue weighted by Crippen LogP contribution is 2.26. The third kappa shape index (κ3) is 3.11. The molecule has 134 valence electrons. The van der Waals surface area contributed by atoms with Crippen molar-refractivity contribution < 1.29 is 14.3 Å². The number of hydrogen-bond donors (Lipinski definition) is 2. The van der Waals surface area contributed by atoms with Crippen LogP contribution in [-0.4, -0.2) is 41.3 Å². The number of nitrogens with one attached hydrogen (secondary N) is 1. The fourth-order valence-electron chi connectivity index (χ4n) is 3.37. The van der Waals surface area contributed by atoms with Crippen molar-refractivity contribution in [3.63, 3.8) is 0 Å². The van der Waals surface area contributed by atoms with Gasteiger partial charge in [0.1, 0.15) is 11.4 Å². The van der Waals surface area contributed by atoms with E-state index < -0.39 is 17.2 Å². The van der Waals surface area contributed by atoms with Gasteiger partial charge in [0.25, 0.3) is 0 Å². The molecule has 0 spiro atoms. The van der Waals surface area contributed by atoms with Crippen LogP contribution in [0.5, 0.6) is 0 Å². The number of carboxylic acids is 1. The molecule has 7 heteroatoms. The van der Waals surface area contributed by atoms with Crippen LogP contribution in [0, 0.1) is 5.82 Å². The van der Waals surface area contributed by atoms with E-state index in [1.807, 2.05) is 11.8 Å². The largest absolute Gasteiger partial charge is 0.477 e. The van der Waals surface area contributed by atoms with Crippen LogP contribution in [0.2, 0.25) is 0 Å². The highest BCUT2D eigenvalue weighted by molar-refractivity contribution is 5.93. The quantitative estimate of drug-likeness (QED) is 0.885. The number of hydrogen-bond acceptors (Lipinski definition) is 4. The first kappa shape index (κ1) is 17.4. The molecule has 0 radical (unpaired) electrons. The van der Waals surface area contributed by atoms with Crippen LogP contribution in [-0.2, 0) is 6.54 Å². The molecule has 1 aliphatic rings. The molecule has 2 N–H and O–H groups in total. The van der Waals surface area contributed by atoms with Gasteiger partial charge in [-0.3, -0.25) is 4.79 Å². The predicted octanol–water partition coefficient (Wildman–Crippen LogP) is 2.05. The number of carbonyl (C=O) groups is 1. The number of piperazine rings is 1. The molecule has 0 aliphatic carbocycles. The number of aryl methyl sites for hydroxylation is 1. The summed E-state index contributed by atoms with van der Waals surface area (Å²) in [7, 11) is 0. The van der Waals surface area contributed by atoms with Gasteiger partial charge in [0.2, 0.25) is 5.43 Å². The van der Waals surface area contributed by atoms with E-state index in [0.717, 1.165) is 13.0 Å². The first-order valence-electron chi connectivity index (χ1n) is 8.54. The Morgan fingerprint density at radius 2 is 2.16 bits per heavy atom. The summed E-state index contributed by atoms with van der Waals surface area (Å²) in [5, 5.41) is 12.7. The highest BCUT2D eigenvalue weighted by Gasteiger charge is 2.23. The van der Waals surface area contributed by atoms with Crippen LogP contribution in [0.4, 0.5) is 10.1 Å². The zero-order chi connectivity index (χ0) is 18.1. The van der Waals surface area contributed by atoms with Gasteiger partial charge < -0.3 is 19.9 Å². The Kier molecular flexibility index (Phi) is 4.76. The topological polar surface area (TPSA) is 74.6 Å². The van der Waals surface area contributed by atoms with Crippen molar-refractivity contribution in [2.45, 2.75) is 32.9 Å². The Morgan fingerprint density at radius 1 is 1.40 bits per heavy atom. The van der Waals surface area contributed by atoms with Gasteiger partial charge in [-0.1, -0.05) is 6.92 Å². The first-order valence-corrected chi connectivity index (χ1v) is 8.54. The molecule has 6 nitrogen and oxygen atoms in total. The Labute approximate surface area is 144 Å². The van der Waals surface area contributed by atoms with E-state index in [1.54, 1.807) is 10.6 Å². The molecule has 0 bridgehead atoms. The van der Waals surface area contributed by atoms with Gasteiger partial charge in [0.15, 0.2) is 0 Å². The fourth-order valence-corrected chi connectivity index (χ4v) is 3.37. The number of halogens is 1. The molecule has 1 atom stereocenters. The average molecular weight is 347 g/mol. The monoisotopic (exact) mass is 347 g/mol. The maximum atomic E-state index is 14.7. The Balaban J connectivity index is 2.17. The minimum absolute atomic E-state index is 0.102. The van der Waals surface area contributed by atoms with Crippen LogP contribution in [0.25, 0.3) is 10.9 Å². The summed E-state index contributed by atoms with van der Waals surface area (Å²) in [6, 6.07) is 3.14. The van der Waals surface area contributed by atoms with Crippen molar-refractivity contribution in [3.05, 3.63) is 39.9 Å². The number of benzene rings is 1. The standard InChI is InChI=1S/C18H22FN3O3/c1-3-11-9-22(6-5-20-11)16-8-15-12(7-14(16)19)17(23)13(18(24)25)10-21(15)4-2/h7-8,10-11,20H,3-6,9H2,1-2H3,(H,24,25). The second kappa shape index (κ2) is 6.84. The predicted molar refractivity (Wildman–Crippen MR) is 95.1 cm³/mol. The molecule has 1 aliphatic heterocycles. The molecule has 2 heterocycles. The van der Waals surface area contributed by atoms with Crippen molar-refractivity contribution in [1.29, 1.82) is 0 Å². The van der Waals surface area contributed by atoms with Gasteiger partial charge in [-0.25, -0.2) is 9.18 Å². The van der Waals surface area contributed by atoms with E-state index in [2.05, 4.69) is 12.2 Å². The van der Waals surface area contributed by atoms with Crippen LogP contribution >= 0.6 is 0 Å². The molecule has 1 aromatic heterocycles. The van der Waals surface area contributed by atoms with Gasteiger partial charge in [-0.2, -0.15) is 0 Å². The smallest absolute Gasteiger partial charge is 0.341 e. The number of aromatic nitrogens is 1. The lowest BCUT2D eigenvalue weighted by Crippen LogP contribution is -2.50. The van der Waals surface area contributed by atoms with Crippen LogP contribution < -0.4 is 15.6 Å². The zero-order valence-corrected chi connectivity index (χ0v) is 14.4. The van der Waals surface area contributed by atoms with Gasteiger partial charge >= 0.3 is 5.97 Å². The Hall–Kier alpha value is -2.41. The number of aromatic carboxylic acids is 1. The summed E-state index contributed by atoms with van der Waals surface area (Å²) < 4.78 is 16.4. The SMILES string of the molecule is CCC1CN(c2cc3c(cc2F)c(=O)c(C(=O)O)cn3CC)CCN1. The van der Waals surface area contributed by atoms with Gasteiger partial charge in [0, 0.05) is 43.8 Å². The van der Waals surface area contributed by atoms with Crippen LogP contribution in [0.1, 0.15) is 30.6 Å². The average Bonchev–Trinajstić information content (AvgIpc) is 2.61. The zero-order valence-electron chi connectivity index (χ0n) is 14.4. The number of anilines is 1. The van der Waals surface area contributed by atoms with Crippen molar-refractivity contribution in [2.75, 3.05) is 24.5 Å². The van der Waals surface area contributed by atoms with Crippen molar-refractivity contribution in [2.24, 2.45) is 0 Å². The van der Waals surface area contributed by atoms with E-state index in [1.165, 1.54) is 12.3 Å². The van der Waals surface area contributed by atoms with E-state index in [-0.39, 0.29) is 10.9 Å². The maximum Gasteiger partial charge on any atom is 0.341 e. The molecular weight excluding hydrogens is 325 g/mol. The second-order valence-electron chi connectivity index (χ2n) is 6.29. The number of carboxylic acid groups (broad SMARTS) is 1. The molecule has 1 fully saturated rings. The lowest BCUT2D eigenvalue weighted by molar-refractivity contribution is 0.0695. The minimum Gasteiger partial charge on any atom is -0.477 e. The highest BCUT2D eigenvalue weighted by atomic mass is 19.1. The molecule has 2 aromatic rings. The number of rotatable bonds is 4. The lowest BCUT2D eigenvalue weighted by Gasteiger charge is -2.35. The van der Waals surface area contributed by atoms with E-state index in [4.69, 9.17) is 0 Å². The van der Waals surface area contributed by atoms with E-state index in [9.17, 15) is 19.1 Å². The van der Waals surface area contributed by atoms with E-state index >= 15 is 0 Å².